The molecular formula is C25H26N4O3. The number of methoxy groups -OCH3 is 1. The summed E-state index contributed by atoms with van der Waals surface area (Å²) in [6.45, 7) is 3.86. The summed E-state index contributed by atoms with van der Waals surface area (Å²) in [5.41, 5.74) is 4.56. The maximum Gasteiger partial charge on any atom is 0.258 e. The third-order valence-electron chi connectivity index (χ3n) is 5.33. The number of amides is 1. The molecule has 0 unspecified atom stereocenters. The molecule has 0 saturated heterocycles. The highest BCUT2D eigenvalue weighted by molar-refractivity contribution is 5.93. The van der Waals surface area contributed by atoms with Gasteiger partial charge in [0.2, 0.25) is 5.88 Å². The number of benzene rings is 2. The van der Waals surface area contributed by atoms with Gasteiger partial charge in [-0.25, -0.2) is 4.68 Å². The molecule has 0 radical (unpaired) electrons. The van der Waals surface area contributed by atoms with E-state index in [4.69, 9.17) is 9.47 Å². The van der Waals surface area contributed by atoms with Crippen LogP contribution in [-0.2, 0) is 11.8 Å². The Kier molecular flexibility index (Phi) is 6.07. The molecule has 2 aromatic heterocycles. The number of nitrogens with zero attached hydrogens (tertiary/aromatic N) is 3. The van der Waals surface area contributed by atoms with Crippen molar-refractivity contribution in [3.8, 4) is 22.9 Å². The molecule has 4 aromatic rings. The largest absolute Gasteiger partial charge is 0.496 e. The van der Waals surface area contributed by atoms with Crippen LogP contribution < -0.4 is 14.8 Å². The Morgan fingerprint density at radius 1 is 1.09 bits per heavy atom. The zero-order chi connectivity index (χ0) is 22.7. The summed E-state index contributed by atoms with van der Waals surface area (Å²) in [6, 6.07) is 19.4. The smallest absolute Gasteiger partial charge is 0.258 e. The number of rotatable bonds is 7. The molecule has 0 aliphatic heterocycles. The molecule has 1 atom stereocenters. The second-order valence-electron chi connectivity index (χ2n) is 7.68. The van der Waals surface area contributed by atoms with Crippen LogP contribution in [-0.4, -0.2) is 34.4 Å². The molecule has 32 heavy (non-hydrogen) atoms. The van der Waals surface area contributed by atoms with E-state index in [1.54, 1.807) is 17.9 Å². The van der Waals surface area contributed by atoms with Gasteiger partial charge in [0, 0.05) is 24.1 Å². The van der Waals surface area contributed by atoms with Crippen LogP contribution in [0.2, 0.25) is 0 Å². The first kappa shape index (κ1) is 21.4. The molecule has 2 heterocycles. The van der Waals surface area contributed by atoms with E-state index in [0.717, 1.165) is 28.0 Å². The number of hydrogen-bond acceptors (Lipinski definition) is 5. The Labute approximate surface area is 187 Å². The average molecular weight is 431 g/mol. The van der Waals surface area contributed by atoms with Crippen molar-refractivity contribution >= 4 is 16.9 Å². The van der Waals surface area contributed by atoms with Gasteiger partial charge in [0.15, 0.2) is 12.3 Å². The quantitative estimate of drug-likeness (QED) is 0.475. The number of fused-ring (bicyclic) bond motifs is 1. The van der Waals surface area contributed by atoms with Crippen molar-refractivity contribution in [1.29, 1.82) is 0 Å². The lowest BCUT2D eigenvalue weighted by Crippen LogP contribution is -2.31. The molecule has 0 bridgehead atoms. The predicted molar refractivity (Wildman–Crippen MR) is 124 cm³/mol. The van der Waals surface area contributed by atoms with E-state index in [1.165, 1.54) is 5.56 Å². The van der Waals surface area contributed by atoms with E-state index >= 15 is 0 Å². The van der Waals surface area contributed by atoms with Gasteiger partial charge in [-0.05, 0) is 37.6 Å². The van der Waals surface area contributed by atoms with Gasteiger partial charge in [0.25, 0.3) is 5.91 Å². The van der Waals surface area contributed by atoms with Crippen LogP contribution in [0.5, 0.6) is 11.6 Å². The van der Waals surface area contributed by atoms with Crippen molar-refractivity contribution in [1.82, 2.24) is 20.1 Å². The average Bonchev–Trinajstić information content (AvgIpc) is 3.13. The van der Waals surface area contributed by atoms with Gasteiger partial charge in [-0.1, -0.05) is 42.0 Å². The Hall–Kier alpha value is -3.87. The Morgan fingerprint density at radius 2 is 1.84 bits per heavy atom. The number of carbonyl (C=O) groups excluding carboxylic acids is 1. The van der Waals surface area contributed by atoms with E-state index in [1.807, 2.05) is 75.5 Å². The van der Waals surface area contributed by atoms with Crippen molar-refractivity contribution in [2.24, 2.45) is 7.05 Å². The van der Waals surface area contributed by atoms with E-state index in [2.05, 4.69) is 15.4 Å². The lowest BCUT2D eigenvalue weighted by Gasteiger charge is -2.15. The third kappa shape index (κ3) is 4.42. The highest BCUT2D eigenvalue weighted by Gasteiger charge is 2.17. The highest BCUT2D eigenvalue weighted by atomic mass is 16.5. The maximum atomic E-state index is 12.4. The number of ether oxygens (including phenoxy) is 2. The van der Waals surface area contributed by atoms with E-state index in [0.29, 0.717) is 11.5 Å². The topological polar surface area (TPSA) is 78.3 Å². The van der Waals surface area contributed by atoms with Crippen molar-refractivity contribution in [2.45, 2.75) is 19.9 Å². The van der Waals surface area contributed by atoms with Gasteiger partial charge in [0.05, 0.1) is 13.2 Å². The number of aromatic nitrogens is 3. The summed E-state index contributed by atoms with van der Waals surface area (Å²) in [5, 5.41) is 8.45. The van der Waals surface area contributed by atoms with E-state index < -0.39 is 0 Å². The Balaban J connectivity index is 1.47. The zero-order valence-electron chi connectivity index (χ0n) is 18.6. The fourth-order valence-electron chi connectivity index (χ4n) is 3.59. The minimum Gasteiger partial charge on any atom is -0.496 e. The minimum absolute atomic E-state index is 0.109. The summed E-state index contributed by atoms with van der Waals surface area (Å²) in [5.74, 6) is 0.900. The minimum atomic E-state index is -0.209. The molecule has 7 heteroatoms. The molecule has 0 aliphatic rings. The third-order valence-corrected chi connectivity index (χ3v) is 5.33. The first-order valence-electron chi connectivity index (χ1n) is 10.4. The Morgan fingerprint density at radius 3 is 2.59 bits per heavy atom. The van der Waals surface area contributed by atoms with Crippen molar-refractivity contribution in [2.75, 3.05) is 13.7 Å². The van der Waals surface area contributed by atoms with Crippen molar-refractivity contribution < 1.29 is 14.3 Å². The molecule has 0 saturated carbocycles. The number of aryl methyl sites for hydroxylation is 2. The van der Waals surface area contributed by atoms with Crippen LogP contribution in [0.4, 0.5) is 0 Å². The van der Waals surface area contributed by atoms with E-state index in [9.17, 15) is 4.79 Å². The van der Waals surface area contributed by atoms with Gasteiger partial charge < -0.3 is 14.8 Å². The molecule has 4 rings (SSSR count). The van der Waals surface area contributed by atoms with Gasteiger partial charge in [-0.15, -0.1) is 0 Å². The summed E-state index contributed by atoms with van der Waals surface area (Å²) < 4.78 is 12.8. The zero-order valence-corrected chi connectivity index (χ0v) is 18.6. The number of carbonyl (C=O) groups is 1. The lowest BCUT2D eigenvalue weighted by atomic mass is 10.1. The fourth-order valence-corrected chi connectivity index (χ4v) is 3.59. The second-order valence-corrected chi connectivity index (χ2v) is 7.68. The first-order chi connectivity index (χ1) is 15.5. The molecule has 0 aliphatic carbocycles. The predicted octanol–water partition coefficient (Wildman–Crippen LogP) is 4.21. The Bertz CT molecular complexity index is 1250. The normalized spacial score (nSPS) is 11.9. The van der Waals surface area contributed by atoms with E-state index in [-0.39, 0.29) is 18.6 Å². The maximum absolute atomic E-state index is 12.4. The molecule has 0 spiro atoms. The van der Waals surface area contributed by atoms with Crippen LogP contribution in [0.25, 0.3) is 22.3 Å². The molecular weight excluding hydrogens is 404 g/mol. The van der Waals surface area contributed by atoms with Crippen LogP contribution >= 0.6 is 0 Å². The molecule has 0 fully saturated rings. The highest BCUT2D eigenvalue weighted by Crippen LogP contribution is 2.34. The number of nitrogens with one attached hydrogen (secondary N) is 1. The fraction of sp³-hybridized carbons (Fsp3) is 0.240. The monoisotopic (exact) mass is 430 g/mol. The number of para-hydroxylation sites is 1. The molecule has 2 aromatic carbocycles. The number of pyridine rings is 1. The second kappa shape index (κ2) is 9.09. The molecule has 164 valence electrons. The molecule has 1 N–H and O–H groups in total. The SMILES string of the molecule is COc1ccccc1-c1nn(C)c2nc(OCC(=O)N[C@@H](C)c3ccc(C)cc3)ccc12. The summed E-state index contributed by atoms with van der Waals surface area (Å²) in [6.07, 6.45) is 0. The molecule has 1 amide bonds. The van der Waals surface area contributed by atoms with Crippen LogP contribution in [0.15, 0.2) is 60.7 Å². The first-order valence-corrected chi connectivity index (χ1v) is 10.4. The lowest BCUT2D eigenvalue weighted by molar-refractivity contribution is -0.123. The number of hydrogen-bond donors (Lipinski definition) is 1. The summed E-state index contributed by atoms with van der Waals surface area (Å²) in [7, 11) is 3.47. The van der Waals surface area contributed by atoms with Crippen LogP contribution in [0, 0.1) is 6.92 Å². The van der Waals surface area contributed by atoms with Crippen molar-refractivity contribution in [3.63, 3.8) is 0 Å². The van der Waals surface area contributed by atoms with Crippen molar-refractivity contribution in [3.05, 3.63) is 71.8 Å². The summed E-state index contributed by atoms with van der Waals surface area (Å²) in [4.78, 5) is 16.9. The van der Waals surface area contributed by atoms with Gasteiger partial charge in [-0.3, -0.25) is 4.79 Å². The summed E-state index contributed by atoms with van der Waals surface area (Å²) >= 11 is 0. The van der Waals surface area contributed by atoms with Gasteiger partial charge in [0.1, 0.15) is 11.4 Å². The van der Waals surface area contributed by atoms with Crippen LogP contribution in [0.3, 0.4) is 0 Å². The molecule has 7 nitrogen and oxygen atoms in total. The van der Waals surface area contributed by atoms with Crippen LogP contribution in [0.1, 0.15) is 24.1 Å². The standard InChI is InChI=1S/C25H26N4O3/c1-16-9-11-18(12-10-16)17(2)26-22(30)15-32-23-14-13-20-24(28-29(3)25(20)27-23)19-7-5-6-8-21(19)31-4/h5-14,17H,15H2,1-4H3,(H,26,30)/t17-/m0/s1. The van der Waals surface area contributed by atoms with Gasteiger partial charge in [-0.2, -0.15) is 10.1 Å². The van der Waals surface area contributed by atoms with Gasteiger partial charge >= 0.3 is 0 Å².